The Morgan fingerprint density at radius 1 is 1.19 bits per heavy atom. The number of benzene rings is 2. The van der Waals surface area contributed by atoms with E-state index in [1.54, 1.807) is 10.7 Å². The Labute approximate surface area is 186 Å². The lowest BCUT2D eigenvalue weighted by atomic mass is 10.0. The summed E-state index contributed by atoms with van der Waals surface area (Å²) < 4.78 is 7.28. The van der Waals surface area contributed by atoms with Crippen molar-refractivity contribution in [1.29, 1.82) is 0 Å². The van der Waals surface area contributed by atoms with Crippen LogP contribution in [0.2, 0.25) is 0 Å². The number of nitrogens with one attached hydrogen (secondary N) is 1. The maximum Gasteiger partial charge on any atom is 0.254 e. The minimum Gasteiger partial charge on any atom is -0.383 e. The van der Waals surface area contributed by atoms with Gasteiger partial charge < -0.3 is 21.5 Å². The Balaban J connectivity index is 1.54. The lowest BCUT2D eigenvalue weighted by molar-refractivity contribution is 0.0949. The number of amides is 2. The van der Waals surface area contributed by atoms with Crippen molar-refractivity contribution in [2.24, 2.45) is 5.73 Å². The fourth-order valence-corrected chi connectivity index (χ4v) is 4.07. The monoisotopic (exact) mass is 433 g/mol. The number of hydrogen-bond donors (Lipinski definition) is 3. The Morgan fingerprint density at radius 2 is 1.91 bits per heavy atom. The van der Waals surface area contributed by atoms with Crippen LogP contribution in [0.4, 0.5) is 5.82 Å². The van der Waals surface area contributed by atoms with Gasteiger partial charge in [-0.05, 0) is 37.5 Å². The lowest BCUT2D eigenvalue weighted by Crippen LogP contribution is -2.23. The predicted molar refractivity (Wildman–Crippen MR) is 122 cm³/mol. The van der Waals surface area contributed by atoms with Crippen LogP contribution in [-0.2, 0) is 11.3 Å². The molecule has 4 rings (SSSR count). The minimum absolute atomic E-state index is 0.0437. The average Bonchev–Trinajstić information content (AvgIpc) is 3.35. The van der Waals surface area contributed by atoms with Crippen molar-refractivity contribution in [3.8, 4) is 11.3 Å². The van der Waals surface area contributed by atoms with Gasteiger partial charge in [-0.3, -0.25) is 9.59 Å². The van der Waals surface area contributed by atoms with Crippen LogP contribution in [0, 0.1) is 6.92 Å². The zero-order valence-corrected chi connectivity index (χ0v) is 18.2. The third-order valence-electron chi connectivity index (χ3n) is 5.91. The molecule has 8 heteroatoms. The molecular weight excluding hydrogens is 406 g/mol. The van der Waals surface area contributed by atoms with Gasteiger partial charge in [0.15, 0.2) is 0 Å². The molecule has 0 radical (unpaired) electrons. The summed E-state index contributed by atoms with van der Waals surface area (Å²) in [6.45, 7) is 4.87. The maximum absolute atomic E-state index is 12.4. The zero-order valence-electron chi connectivity index (χ0n) is 18.2. The molecule has 1 fully saturated rings. The number of hydrogen-bond acceptors (Lipinski definition) is 5. The summed E-state index contributed by atoms with van der Waals surface area (Å²) >= 11 is 0. The first-order chi connectivity index (χ1) is 15.4. The first-order valence-electron chi connectivity index (χ1n) is 10.6. The molecule has 0 saturated carbocycles. The number of primary amides is 1. The first kappa shape index (κ1) is 21.6. The van der Waals surface area contributed by atoms with E-state index in [4.69, 9.17) is 16.2 Å². The number of aryl methyl sites for hydroxylation is 1. The van der Waals surface area contributed by atoms with Gasteiger partial charge in [0.25, 0.3) is 11.8 Å². The van der Waals surface area contributed by atoms with Crippen molar-refractivity contribution in [3.63, 3.8) is 0 Å². The lowest BCUT2D eigenvalue weighted by Gasteiger charge is -2.16. The van der Waals surface area contributed by atoms with E-state index in [1.807, 2.05) is 56.3 Å². The van der Waals surface area contributed by atoms with Gasteiger partial charge >= 0.3 is 0 Å². The van der Waals surface area contributed by atoms with E-state index in [9.17, 15) is 9.59 Å². The van der Waals surface area contributed by atoms with Gasteiger partial charge in [0, 0.05) is 24.3 Å². The summed E-state index contributed by atoms with van der Waals surface area (Å²) in [7, 11) is 0. The summed E-state index contributed by atoms with van der Waals surface area (Å²) in [4.78, 5) is 24.6. The highest BCUT2D eigenvalue weighted by Gasteiger charge is 2.31. The van der Waals surface area contributed by atoms with Crippen molar-refractivity contribution in [2.45, 2.75) is 39.0 Å². The van der Waals surface area contributed by atoms with Crippen LogP contribution >= 0.6 is 0 Å². The van der Waals surface area contributed by atoms with Crippen LogP contribution in [-0.4, -0.2) is 34.3 Å². The number of nitrogens with zero attached hydrogens (tertiary/aromatic N) is 2. The Morgan fingerprint density at radius 3 is 2.53 bits per heavy atom. The summed E-state index contributed by atoms with van der Waals surface area (Å²) in [5, 5.41) is 7.56. The molecule has 1 aliphatic rings. The number of rotatable bonds is 6. The molecular formula is C24H27N5O3. The molecule has 2 atom stereocenters. The van der Waals surface area contributed by atoms with Crippen molar-refractivity contribution in [1.82, 2.24) is 15.1 Å². The van der Waals surface area contributed by atoms with E-state index in [1.165, 1.54) is 0 Å². The van der Waals surface area contributed by atoms with Gasteiger partial charge in [-0.15, -0.1) is 0 Å². The molecule has 8 nitrogen and oxygen atoms in total. The number of ether oxygens (including phenoxy) is 1. The SMILES string of the molecule is Cc1ccccc1C(=O)NCc1ccc(-c2nn([C@@H]3CCO[C@H]3C)c(N)c2C(N)=O)cc1. The largest absolute Gasteiger partial charge is 0.383 e. The molecule has 3 aromatic rings. The van der Waals surface area contributed by atoms with Crippen LogP contribution in [0.3, 0.4) is 0 Å². The normalized spacial score (nSPS) is 17.9. The summed E-state index contributed by atoms with van der Waals surface area (Å²) in [5.74, 6) is -0.489. The molecule has 1 aromatic heterocycles. The molecule has 166 valence electrons. The quantitative estimate of drug-likeness (QED) is 0.551. The third-order valence-corrected chi connectivity index (χ3v) is 5.91. The van der Waals surface area contributed by atoms with E-state index in [2.05, 4.69) is 10.4 Å². The minimum atomic E-state index is -0.620. The maximum atomic E-state index is 12.4. The second-order valence-corrected chi connectivity index (χ2v) is 8.04. The molecule has 2 aromatic carbocycles. The molecule has 2 amide bonds. The van der Waals surface area contributed by atoms with Gasteiger partial charge in [0.2, 0.25) is 0 Å². The number of aromatic nitrogens is 2. The molecule has 0 aliphatic carbocycles. The average molecular weight is 434 g/mol. The fraction of sp³-hybridized carbons (Fsp3) is 0.292. The number of carbonyl (C=O) groups is 2. The summed E-state index contributed by atoms with van der Waals surface area (Å²) in [5.41, 5.74) is 15.8. The zero-order chi connectivity index (χ0) is 22.8. The number of nitrogen functional groups attached to an aromatic ring is 1. The fourth-order valence-electron chi connectivity index (χ4n) is 4.07. The first-order valence-corrected chi connectivity index (χ1v) is 10.6. The Hall–Kier alpha value is -3.65. The van der Waals surface area contributed by atoms with E-state index in [0.717, 1.165) is 23.1 Å². The molecule has 32 heavy (non-hydrogen) atoms. The molecule has 1 saturated heterocycles. The highest BCUT2D eigenvalue weighted by atomic mass is 16.5. The second-order valence-electron chi connectivity index (χ2n) is 8.04. The number of carbonyl (C=O) groups excluding carboxylic acids is 2. The Kier molecular flexibility index (Phi) is 5.96. The van der Waals surface area contributed by atoms with E-state index < -0.39 is 5.91 Å². The van der Waals surface area contributed by atoms with E-state index in [0.29, 0.717) is 24.4 Å². The van der Waals surface area contributed by atoms with Gasteiger partial charge in [-0.1, -0.05) is 42.5 Å². The molecule has 5 N–H and O–H groups in total. The number of nitrogens with two attached hydrogens (primary N) is 2. The van der Waals surface area contributed by atoms with Gasteiger partial charge in [-0.25, -0.2) is 4.68 Å². The van der Waals surface area contributed by atoms with Crippen molar-refractivity contribution in [2.75, 3.05) is 12.3 Å². The van der Waals surface area contributed by atoms with E-state index >= 15 is 0 Å². The smallest absolute Gasteiger partial charge is 0.254 e. The standard InChI is InChI=1S/C24H27N5O3/c1-14-5-3-4-6-18(14)24(31)27-13-16-7-9-17(10-8-16)21-20(23(26)30)22(25)29(28-21)19-11-12-32-15(19)2/h3-10,15,19H,11-13,25H2,1-2H3,(H2,26,30)(H,27,31)/t15-,19+/m0/s1. The topological polar surface area (TPSA) is 125 Å². The van der Waals surface area contributed by atoms with Crippen LogP contribution in [0.25, 0.3) is 11.3 Å². The van der Waals surface area contributed by atoms with Crippen molar-refractivity contribution < 1.29 is 14.3 Å². The molecule has 0 spiro atoms. The number of anilines is 1. The third kappa shape index (κ3) is 4.09. The Bertz CT molecular complexity index is 1150. The van der Waals surface area contributed by atoms with Crippen LogP contribution in [0.1, 0.15) is 51.2 Å². The predicted octanol–water partition coefficient (Wildman–Crippen LogP) is 2.82. The van der Waals surface area contributed by atoms with Gasteiger partial charge in [0.1, 0.15) is 17.1 Å². The molecule has 0 bridgehead atoms. The summed E-state index contributed by atoms with van der Waals surface area (Å²) in [6, 6.07) is 14.9. The van der Waals surface area contributed by atoms with Crippen LogP contribution < -0.4 is 16.8 Å². The molecule has 0 unspecified atom stereocenters. The summed E-state index contributed by atoms with van der Waals surface area (Å²) in [6.07, 6.45) is 0.717. The van der Waals surface area contributed by atoms with Crippen molar-refractivity contribution >= 4 is 17.6 Å². The highest BCUT2D eigenvalue weighted by Crippen LogP contribution is 2.34. The van der Waals surface area contributed by atoms with Crippen LogP contribution in [0.15, 0.2) is 48.5 Å². The second kappa shape index (κ2) is 8.84. The van der Waals surface area contributed by atoms with Gasteiger partial charge in [0.05, 0.1) is 12.1 Å². The molecule has 1 aliphatic heterocycles. The van der Waals surface area contributed by atoms with Gasteiger partial charge in [-0.2, -0.15) is 5.10 Å². The van der Waals surface area contributed by atoms with Crippen molar-refractivity contribution in [3.05, 3.63) is 70.8 Å². The van der Waals surface area contributed by atoms with Crippen LogP contribution in [0.5, 0.6) is 0 Å². The highest BCUT2D eigenvalue weighted by molar-refractivity contribution is 6.03. The molecule has 2 heterocycles. The van der Waals surface area contributed by atoms with E-state index in [-0.39, 0.29) is 29.4 Å².